The Morgan fingerprint density at radius 3 is 2.55 bits per heavy atom. The molecule has 1 saturated heterocycles. The lowest BCUT2D eigenvalue weighted by Crippen LogP contribution is -2.41. The Hall–Kier alpha value is -1.10. The number of carbonyl (C=O) groups is 2. The molecule has 2 rings (SSSR count). The van der Waals surface area contributed by atoms with Crippen molar-refractivity contribution in [1.29, 1.82) is 0 Å². The molecular formula is C17H29NO4. The van der Waals surface area contributed by atoms with Crippen LogP contribution >= 0.6 is 0 Å². The molecule has 1 N–H and O–H groups in total. The molecule has 2 aliphatic rings. The molecule has 0 aromatic heterocycles. The monoisotopic (exact) mass is 311 g/mol. The Bertz CT molecular complexity index is 392. The molecule has 22 heavy (non-hydrogen) atoms. The van der Waals surface area contributed by atoms with E-state index in [2.05, 4.69) is 0 Å². The van der Waals surface area contributed by atoms with Gasteiger partial charge in [0.2, 0.25) is 5.91 Å². The zero-order valence-corrected chi connectivity index (χ0v) is 13.8. The average Bonchev–Trinajstić information content (AvgIpc) is 2.89. The number of hydrogen-bond acceptors (Lipinski definition) is 3. The molecule has 1 aliphatic heterocycles. The van der Waals surface area contributed by atoms with Crippen molar-refractivity contribution in [3.63, 3.8) is 0 Å². The van der Waals surface area contributed by atoms with Gasteiger partial charge < -0.3 is 14.7 Å². The minimum absolute atomic E-state index is 0.0156. The average molecular weight is 311 g/mol. The summed E-state index contributed by atoms with van der Waals surface area (Å²) in [5.41, 5.74) is 0. The van der Waals surface area contributed by atoms with Crippen molar-refractivity contribution in [3.05, 3.63) is 0 Å². The number of aliphatic carboxylic acids is 1. The molecule has 3 atom stereocenters. The summed E-state index contributed by atoms with van der Waals surface area (Å²) in [4.78, 5) is 25.5. The maximum absolute atomic E-state index is 12.7. The highest BCUT2D eigenvalue weighted by Gasteiger charge is 2.38. The SMILES string of the molecule is COC1CC(CC(=O)O)N(C(=O)C(C)CC2CCCCC2)C1. The van der Waals surface area contributed by atoms with Crippen molar-refractivity contribution in [2.45, 2.75) is 70.4 Å². The summed E-state index contributed by atoms with van der Waals surface area (Å²) in [5.74, 6) is -0.0997. The van der Waals surface area contributed by atoms with Gasteiger partial charge in [0.05, 0.1) is 12.5 Å². The zero-order valence-electron chi connectivity index (χ0n) is 13.8. The molecule has 3 unspecified atom stereocenters. The van der Waals surface area contributed by atoms with Crippen LogP contribution in [-0.4, -0.2) is 47.7 Å². The van der Waals surface area contributed by atoms with E-state index in [-0.39, 0.29) is 30.4 Å². The van der Waals surface area contributed by atoms with Gasteiger partial charge >= 0.3 is 5.97 Å². The van der Waals surface area contributed by atoms with Crippen LogP contribution in [0.25, 0.3) is 0 Å². The maximum Gasteiger partial charge on any atom is 0.305 e. The van der Waals surface area contributed by atoms with Crippen LogP contribution in [-0.2, 0) is 14.3 Å². The van der Waals surface area contributed by atoms with Gasteiger partial charge in [-0.3, -0.25) is 9.59 Å². The Labute approximate surface area is 133 Å². The third-order valence-electron chi connectivity index (χ3n) is 5.24. The molecule has 0 aromatic rings. The second kappa shape index (κ2) is 7.95. The smallest absolute Gasteiger partial charge is 0.305 e. The molecule has 0 spiro atoms. The number of amides is 1. The van der Waals surface area contributed by atoms with Crippen molar-refractivity contribution in [2.24, 2.45) is 11.8 Å². The number of carboxylic acids is 1. The third kappa shape index (κ3) is 4.45. The van der Waals surface area contributed by atoms with Gasteiger partial charge in [-0.1, -0.05) is 39.0 Å². The third-order valence-corrected chi connectivity index (χ3v) is 5.24. The Morgan fingerprint density at radius 2 is 1.95 bits per heavy atom. The second-order valence-electron chi connectivity index (χ2n) is 6.98. The number of carboxylic acid groups (broad SMARTS) is 1. The van der Waals surface area contributed by atoms with Gasteiger partial charge in [0.1, 0.15) is 0 Å². The van der Waals surface area contributed by atoms with E-state index < -0.39 is 5.97 Å². The number of nitrogens with zero attached hydrogens (tertiary/aromatic N) is 1. The molecule has 5 heteroatoms. The van der Waals surface area contributed by atoms with E-state index in [1.165, 1.54) is 32.1 Å². The minimum atomic E-state index is -0.848. The van der Waals surface area contributed by atoms with E-state index in [1.54, 1.807) is 12.0 Å². The lowest BCUT2D eigenvalue weighted by Gasteiger charge is -2.29. The molecule has 2 fully saturated rings. The van der Waals surface area contributed by atoms with E-state index in [0.717, 1.165) is 6.42 Å². The van der Waals surface area contributed by atoms with E-state index in [1.807, 2.05) is 6.92 Å². The Kier molecular flexibility index (Phi) is 6.24. The topological polar surface area (TPSA) is 66.8 Å². The molecule has 1 amide bonds. The number of likely N-dealkylation sites (tertiary alicyclic amines) is 1. The summed E-state index contributed by atoms with van der Waals surface area (Å²) in [6, 6.07) is -0.219. The predicted molar refractivity (Wildman–Crippen MR) is 83.5 cm³/mol. The quantitative estimate of drug-likeness (QED) is 0.819. The fourth-order valence-corrected chi connectivity index (χ4v) is 4.02. The van der Waals surface area contributed by atoms with Gasteiger partial charge in [0.25, 0.3) is 0 Å². The standard InChI is InChI=1S/C17H29NO4/c1-12(8-13-6-4-3-5-7-13)17(21)18-11-15(22-2)9-14(18)10-16(19)20/h12-15H,3-11H2,1-2H3,(H,19,20). The first-order valence-corrected chi connectivity index (χ1v) is 8.56. The molecule has 0 radical (unpaired) electrons. The highest BCUT2D eigenvalue weighted by Crippen LogP contribution is 2.31. The zero-order chi connectivity index (χ0) is 16.1. The summed E-state index contributed by atoms with van der Waals surface area (Å²) in [6.07, 6.45) is 7.90. The first-order valence-electron chi connectivity index (χ1n) is 8.56. The molecule has 5 nitrogen and oxygen atoms in total. The number of hydrogen-bond donors (Lipinski definition) is 1. The largest absolute Gasteiger partial charge is 0.481 e. The van der Waals surface area contributed by atoms with Crippen LogP contribution in [0.4, 0.5) is 0 Å². The Balaban J connectivity index is 1.93. The number of rotatable bonds is 6. The van der Waals surface area contributed by atoms with Crippen molar-refractivity contribution >= 4 is 11.9 Å². The van der Waals surface area contributed by atoms with E-state index >= 15 is 0 Å². The molecule has 1 heterocycles. The van der Waals surface area contributed by atoms with E-state index in [4.69, 9.17) is 9.84 Å². The van der Waals surface area contributed by atoms with Crippen molar-refractivity contribution < 1.29 is 19.4 Å². The molecule has 126 valence electrons. The van der Waals surface area contributed by atoms with Gasteiger partial charge in [-0.2, -0.15) is 0 Å². The van der Waals surface area contributed by atoms with Crippen LogP contribution in [0.15, 0.2) is 0 Å². The van der Waals surface area contributed by atoms with Crippen LogP contribution in [0.1, 0.15) is 58.3 Å². The molecule has 1 saturated carbocycles. The predicted octanol–water partition coefficient (Wildman–Crippen LogP) is 2.68. The molecule has 0 bridgehead atoms. The first-order chi connectivity index (χ1) is 10.5. The Morgan fingerprint density at radius 1 is 1.27 bits per heavy atom. The van der Waals surface area contributed by atoms with E-state index in [0.29, 0.717) is 18.9 Å². The lowest BCUT2D eigenvalue weighted by molar-refractivity contribution is -0.141. The lowest BCUT2D eigenvalue weighted by atomic mass is 9.83. The number of carbonyl (C=O) groups excluding carboxylic acids is 1. The van der Waals surface area contributed by atoms with Crippen LogP contribution in [0, 0.1) is 11.8 Å². The van der Waals surface area contributed by atoms with Crippen molar-refractivity contribution in [3.8, 4) is 0 Å². The van der Waals surface area contributed by atoms with Crippen LogP contribution in [0.2, 0.25) is 0 Å². The summed E-state index contributed by atoms with van der Waals surface area (Å²) in [5, 5.41) is 9.05. The fourth-order valence-electron chi connectivity index (χ4n) is 4.02. The van der Waals surface area contributed by atoms with Crippen LogP contribution < -0.4 is 0 Å². The molecular weight excluding hydrogens is 282 g/mol. The van der Waals surface area contributed by atoms with Gasteiger partial charge in [0, 0.05) is 25.6 Å². The van der Waals surface area contributed by atoms with Crippen molar-refractivity contribution in [2.75, 3.05) is 13.7 Å². The minimum Gasteiger partial charge on any atom is -0.481 e. The fraction of sp³-hybridized carbons (Fsp3) is 0.882. The van der Waals surface area contributed by atoms with E-state index in [9.17, 15) is 9.59 Å². The molecule has 1 aliphatic carbocycles. The highest BCUT2D eigenvalue weighted by atomic mass is 16.5. The van der Waals surface area contributed by atoms with Crippen LogP contribution in [0.5, 0.6) is 0 Å². The van der Waals surface area contributed by atoms with Crippen LogP contribution in [0.3, 0.4) is 0 Å². The summed E-state index contributed by atoms with van der Waals surface area (Å²) >= 11 is 0. The summed E-state index contributed by atoms with van der Waals surface area (Å²) < 4.78 is 5.35. The maximum atomic E-state index is 12.7. The van der Waals surface area contributed by atoms with Gasteiger partial charge in [-0.05, 0) is 18.8 Å². The molecule has 0 aromatic carbocycles. The first kappa shape index (κ1) is 17.3. The number of methoxy groups -OCH3 is 1. The highest BCUT2D eigenvalue weighted by molar-refractivity contribution is 5.80. The normalized spacial score (nSPS) is 27.8. The van der Waals surface area contributed by atoms with Gasteiger partial charge in [-0.25, -0.2) is 0 Å². The summed E-state index contributed by atoms with van der Waals surface area (Å²) in [7, 11) is 1.63. The van der Waals surface area contributed by atoms with Crippen molar-refractivity contribution in [1.82, 2.24) is 4.90 Å². The second-order valence-corrected chi connectivity index (χ2v) is 6.98. The van der Waals surface area contributed by atoms with Gasteiger partial charge in [0.15, 0.2) is 0 Å². The van der Waals surface area contributed by atoms with Gasteiger partial charge in [-0.15, -0.1) is 0 Å². The number of ether oxygens (including phenoxy) is 1. The summed E-state index contributed by atoms with van der Waals surface area (Å²) in [6.45, 7) is 2.52.